The Morgan fingerprint density at radius 2 is 1.97 bits per heavy atom. The summed E-state index contributed by atoms with van der Waals surface area (Å²) in [6, 6.07) is 15.6. The molecule has 3 rings (SSSR count). The molecule has 2 atom stereocenters. The lowest BCUT2D eigenvalue weighted by atomic mass is 9.95. The molecule has 2 aromatic carbocycles. The van der Waals surface area contributed by atoms with Crippen LogP contribution in [0.4, 0.5) is 0 Å². The third-order valence-corrected chi connectivity index (χ3v) is 5.41. The maximum absolute atomic E-state index is 11.6. The maximum Gasteiger partial charge on any atom is 0.333 e. The van der Waals surface area contributed by atoms with Gasteiger partial charge < -0.3 is 19.3 Å². The van der Waals surface area contributed by atoms with Gasteiger partial charge in [0.25, 0.3) is 0 Å². The summed E-state index contributed by atoms with van der Waals surface area (Å²) in [5.41, 5.74) is 3.75. The van der Waals surface area contributed by atoms with Gasteiger partial charge in [-0.3, -0.25) is 0 Å². The van der Waals surface area contributed by atoms with E-state index in [2.05, 4.69) is 11.6 Å². The molecular weight excluding hydrogens is 406 g/mol. The summed E-state index contributed by atoms with van der Waals surface area (Å²) < 4.78 is 17.1. The van der Waals surface area contributed by atoms with Crippen molar-refractivity contribution in [3.8, 4) is 5.75 Å². The van der Waals surface area contributed by atoms with Gasteiger partial charge in [-0.05, 0) is 62.1 Å². The van der Waals surface area contributed by atoms with Crippen LogP contribution >= 0.6 is 0 Å². The van der Waals surface area contributed by atoms with Crippen LogP contribution in [-0.2, 0) is 20.7 Å². The van der Waals surface area contributed by atoms with Crippen molar-refractivity contribution in [2.45, 2.75) is 45.1 Å². The quantitative estimate of drug-likeness (QED) is 0.397. The molecule has 0 saturated carbocycles. The molecule has 0 bridgehead atoms. The summed E-state index contributed by atoms with van der Waals surface area (Å²) in [7, 11) is 0. The van der Waals surface area contributed by atoms with Crippen molar-refractivity contribution in [2.75, 3.05) is 19.8 Å². The Morgan fingerprint density at radius 1 is 1.19 bits per heavy atom. The maximum atomic E-state index is 11.6. The van der Waals surface area contributed by atoms with Gasteiger partial charge in [-0.15, -0.1) is 0 Å². The number of aryl methyl sites for hydroxylation is 1. The molecule has 1 aliphatic carbocycles. The second-order valence-corrected chi connectivity index (χ2v) is 7.60. The molecule has 6 heteroatoms. The molecule has 0 saturated heterocycles. The number of carboxylic acid groups (broad SMARTS) is 1. The fourth-order valence-corrected chi connectivity index (χ4v) is 3.95. The first-order valence-electron chi connectivity index (χ1n) is 11.1. The van der Waals surface area contributed by atoms with E-state index in [0.29, 0.717) is 37.8 Å². The topological polar surface area (TPSA) is 77.4 Å². The van der Waals surface area contributed by atoms with Crippen molar-refractivity contribution < 1.29 is 24.1 Å². The number of aliphatic imine (C=N–C) groups is 1. The van der Waals surface area contributed by atoms with E-state index in [-0.39, 0.29) is 5.92 Å². The normalized spacial score (nSPS) is 16.3. The molecule has 0 aliphatic heterocycles. The molecule has 1 N–H and O–H groups in total. The average Bonchev–Trinajstić information content (AvgIpc) is 3.20. The van der Waals surface area contributed by atoms with Crippen LogP contribution in [0.15, 0.2) is 65.8 Å². The van der Waals surface area contributed by atoms with Gasteiger partial charge >= 0.3 is 5.97 Å². The molecule has 32 heavy (non-hydrogen) atoms. The second-order valence-electron chi connectivity index (χ2n) is 7.60. The Kier molecular flexibility index (Phi) is 8.45. The third-order valence-electron chi connectivity index (χ3n) is 5.41. The van der Waals surface area contributed by atoms with Crippen LogP contribution in [0, 0.1) is 0 Å². The minimum Gasteiger partial charge on any atom is -0.493 e. The highest BCUT2D eigenvalue weighted by molar-refractivity contribution is 5.94. The molecule has 0 heterocycles. The van der Waals surface area contributed by atoms with Crippen LogP contribution < -0.4 is 4.74 Å². The van der Waals surface area contributed by atoms with Gasteiger partial charge in [0.1, 0.15) is 5.75 Å². The highest BCUT2D eigenvalue weighted by atomic mass is 16.5. The van der Waals surface area contributed by atoms with E-state index < -0.39 is 12.1 Å². The SMILES string of the molecule is C=C(CCOc1ccc2c(c1)CCC2C(OCC)C(=O)O)N=C(OCC)c1ccccc1. The van der Waals surface area contributed by atoms with Crippen molar-refractivity contribution in [3.05, 3.63) is 77.5 Å². The summed E-state index contributed by atoms with van der Waals surface area (Å²) in [6.45, 7) is 9.13. The number of aliphatic carboxylic acids is 1. The van der Waals surface area contributed by atoms with E-state index in [0.717, 1.165) is 35.3 Å². The minimum absolute atomic E-state index is 0.124. The molecule has 2 aromatic rings. The van der Waals surface area contributed by atoms with E-state index in [1.165, 1.54) is 0 Å². The summed E-state index contributed by atoms with van der Waals surface area (Å²) >= 11 is 0. The molecular formula is C26H31NO5. The monoisotopic (exact) mass is 437 g/mol. The number of carbonyl (C=O) groups is 1. The number of fused-ring (bicyclic) bond motifs is 1. The van der Waals surface area contributed by atoms with Gasteiger partial charge in [-0.2, -0.15) is 0 Å². The van der Waals surface area contributed by atoms with Crippen LogP contribution in [0.5, 0.6) is 5.75 Å². The van der Waals surface area contributed by atoms with Crippen LogP contribution in [0.2, 0.25) is 0 Å². The van der Waals surface area contributed by atoms with Crippen LogP contribution in [0.1, 0.15) is 49.3 Å². The number of benzene rings is 2. The molecule has 1 aliphatic rings. The lowest BCUT2D eigenvalue weighted by molar-refractivity contribution is -0.151. The molecule has 0 fully saturated rings. The Bertz CT molecular complexity index is 954. The van der Waals surface area contributed by atoms with Crippen LogP contribution in [-0.4, -0.2) is 42.9 Å². The first kappa shape index (κ1) is 23.5. The molecule has 170 valence electrons. The second kappa shape index (κ2) is 11.5. The lowest BCUT2D eigenvalue weighted by Crippen LogP contribution is -2.30. The lowest BCUT2D eigenvalue weighted by Gasteiger charge is -2.20. The zero-order valence-corrected chi connectivity index (χ0v) is 18.8. The molecule has 2 unspecified atom stereocenters. The van der Waals surface area contributed by atoms with E-state index in [1.807, 2.05) is 62.4 Å². The van der Waals surface area contributed by atoms with Gasteiger partial charge in [0.2, 0.25) is 5.90 Å². The highest BCUT2D eigenvalue weighted by Gasteiger charge is 2.35. The van der Waals surface area contributed by atoms with E-state index in [9.17, 15) is 9.90 Å². The fraction of sp³-hybridized carbons (Fsp3) is 0.385. The fourth-order valence-electron chi connectivity index (χ4n) is 3.95. The number of ether oxygens (including phenoxy) is 3. The first-order valence-corrected chi connectivity index (χ1v) is 11.1. The summed E-state index contributed by atoms with van der Waals surface area (Å²) in [4.78, 5) is 16.1. The summed E-state index contributed by atoms with van der Waals surface area (Å²) in [5, 5.41) is 9.50. The number of rotatable bonds is 11. The molecule has 0 radical (unpaired) electrons. The zero-order chi connectivity index (χ0) is 22.9. The van der Waals surface area contributed by atoms with Crippen LogP contribution in [0.3, 0.4) is 0 Å². The molecule has 0 amide bonds. The van der Waals surface area contributed by atoms with Crippen molar-refractivity contribution in [1.29, 1.82) is 0 Å². The minimum atomic E-state index is -0.911. The van der Waals surface area contributed by atoms with Crippen molar-refractivity contribution >= 4 is 11.9 Å². The van der Waals surface area contributed by atoms with Gasteiger partial charge in [0, 0.05) is 30.2 Å². The third kappa shape index (κ3) is 5.98. The number of hydrogen-bond donors (Lipinski definition) is 1. The number of carboxylic acids is 1. The zero-order valence-electron chi connectivity index (χ0n) is 18.8. The number of hydrogen-bond acceptors (Lipinski definition) is 5. The van der Waals surface area contributed by atoms with Gasteiger partial charge in [-0.1, -0.05) is 30.8 Å². The molecule has 0 spiro atoms. The smallest absolute Gasteiger partial charge is 0.333 e. The van der Waals surface area contributed by atoms with Gasteiger partial charge in [0.05, 0.1) is 13.2 Å². The van der Waals surface area contributed by atoms with Gasteiger partial charge in [-0.25, -0.2) is 9.79 Å². The summed E-state index contributed by atoms with van der Waals surface area (Å²) in [6.07, 6.45) is 1.34. The molecule has 0 aromatic heterocycles. The van der Waals surface area contributed by atoms with E-state index in [1.54, 1.807) is 0 Å². The Labute approximate surface area is 189 Å². The standard InChI is InChI=1S/C26H31NO5/c1-4-30-24(26(28)29)23-13-11-20-17-21(12-14-22(20)23)32-16-15-18(3)27-25(31-5-2)19-9-7-6-8-10-19/h6-10,12,14,17,23-24H,3-5,11,13,15-16H2,1-2H3,(H,28,29). The highest BCUT2D eigenvalue weighted by Crippen LogP contribution is 2.38. The predicted molar refractivity (Wildman–Crippen MR) is 124 cm³/mol. The van der Waals surface area contributed by atoms with Crippen LogP contribution in [0.25, 0.3) is 0 Å². The first-order chi connectivity index (χ1) is 15.5. The predicted octanol–water partition coefficient (Wildman–Crippen LogP) is 4.97. The Balaban J connectivity index is 1.59. The average molecular weight is 438 g/mol. The van der Waals surface area contributed by atoms with E-state index >= 15 is 0 Å². The number of nitrogens with zero attached hydrogens (tertiary/aromatic N) is 1. The summed E-state index contributed by atoms with van der Waals surface area (Å²) in [5.74, 6) is 0.285. The Hall–Kier alpha value is -3.12. The van der Waals surface area contributed by atoms with Crippen molar-refractivity contribution in [3.63, 3.8) is 0 Å². The van der Waals surface area contributed by atoms with Crippen molar-refractivity contribution in [2.24, 2.45) is 4.99 Å². The van der Waals surface area contributed by atoms with Gasteiger partial charge in [0.15, 0.2) is 6.10 Å². The van der Waals surface area contributed by atoms with E-state index in [4.69, 9.17) is 14.2 Å². The molecule has 6 nitrogen and oxygen atoms in total. The largest absolute Gasteiger partial charge is 0.493 e. The van der Waals surface area contributed by atoms with Crippen molar-refractivity contribution in [1.82, 2.24) is 0 Å². The Morgan fingerprint density at radius 3 is 2.66 bits per heavy atom.